The summed E-state index contributed by atoms with van der Waals surface area (Å²) in [7, 11) is -3.76. The van der Waals surface area contributed by atoms with Crippen molar-refractivity contribution in [1.29, 1.82) is 0 Å². The summed E-state index contributed by atoms with van der Waals surface area (Å²) >= 11 is 7.17. The van der Waals surface area contributed by atoms with Gasteiger partial charge in [-0.2, -0.15) is 4.31 Å². The first-order valence-electron chi connectivity index (χ1n) is 8.55. The van der Waals surface area contributed by atoms with Crippen LogP contribution in [0.25, 0.3) is 0 Å². The van der Waals surface area contributed by atoms with Crippen LogP contribution in [0.3, 0.4) is 0 Å². The molecule has 0 saturated carbocycles. The van der Waals surface area contributed by atoms with Gasteiger partial charge < -0.3 is 0 Å². The maximum Gasteiger partial charge on any atom is 0.244 e. The van der Waals surface area contributed by atoms with Crippen molar-refractivity contribution in [2.45, 2.75) is 24.8 Å². The Morgan fingerprint density at radius 3 is 2.37 bits per heavy atom. The Kier molecular flexibility index (Phi) is 6.11. The van der Waals surface area contributed by atoms with Crippen molar-refractivity contribution in [3.63, 3.8) is 0 Å². The van der Waals surface area contributed by atoms with Crippen LogP contribution in [0.4, 0.5) is 0 Å². The molecule has 1 heterocycles. The molecule has 27 heavy (non-hydrogen) atoms. The zero-order valence-electron chi connectivity index (χ0n) is 15.1. The number of aryl methyl sites for hydroxylation is 1. The number of hydrogen-bond acceptors (Lipinski definition) is 4. The van der Waals surface area contributed by atoms with Gasteiger partial charge in [0.2, 0.25) is 15.1 Å². The van der Waals surface area contributed by atoms with E-state index in [-0.39, 0.29) is 16.6 Å². The molecule has 3 rings (SSSR count). The highest BCUT2D eigenvalue weighted by atomic mass is 35.5. The first-order chi connectivity index (χ1) is 12.8. The lowest BCUT2D eigenvalue weighted by Gasteiger charge is -2.26. The van der Waals surface area contributed by atoms with Gasteiger partial charge in [-0.05, 0) is 42.5 Å². The molecule has 0 bridgehead atoms. The molecule has 2 aromatic carbocycles. The smallest absolute Gasteiger partial charge is 0.244 e. The van der Waals surface area contributed by atoms with Crippen LogP contribution in [0.2, 0.25) is 5.02 Å². The van der Waals surface area contributed by atoms with E-state index in [0.29, 0.717) is 16.3 Å². The number of halogens is 1. The second-order valence-corrected chi connectivity index (χ2v) is 9.79. The van der Waals surface area contributed by atoms with Crippen LogP contribution < -0.4 is 0 Å². The van der Waals surface area contributed by atoms with Gasteiger partial charge in [0.05, 0.1) is 10.9 Å². The fourth-order valence-corrected chi connectivity index (χ4v) is 5.33. The first kappa shape index (κ1) is 20.1. The Labute approximate surface area is 169 Å². The minimum absolute atomic E-state index is 0.0981. The Hall–Kier alpha value is -1.60. The molecule has 1 aliphatic heterocycles. The summed E-state index contributed by atoms with van der Waals surface area (Å²) in [6.45, 7) is 3.97. The number of carbonyl (C=O) groups excluding carboxylic acids is 1. The van der Waals surface area contributed by atoms with Crippen LogP contribution in [-0.4, -0.2) is 30.1 Å². The predicted molar refractivity (Wildman–Crippen MR) is 110 cm³/mol. The average Bonchev–Trinajstić information content (AvgIpc) is 3.09. The molecule has 0 aromatic heterocycles. The van der Waals surface area contributed by atoms with Gasteiger partial charge >= 0.3 is 0 Å². The van der Waals surface area contributed by atoms with Crippen LogP contribution in [0, 0.1) is 6.92 Å². The summed E-state index contributed by atoms with van der Waals surface area (Å²) in [6, 6.07) is 13.1. The van der Waals surface area contributed by atoms with Gasteiger partial charge in [0, 0.05) is 17.1 Å². The maximum absolute atomic E-state index is 13.3. The number of sulfonamides is 1. The standard InChI is InChI=1S/C20H20ClNO3S2/c1-3-26-20(23)18-12-13-22(19(18)15-6-8-16(21)9-7-15)27(24,25)17-10-4-14(2)5-11-17/h4-12,19H,3,13H2,1-2H3. The molecule has 0 N–H and O–H groups in total. The molecule has 0 fully saturated rings. The van der Waals surface area contributed by atoms with E-state index in [9.17, 15) is 13.2 Å². The minimum Gasteiger partial charge on any atom is -0.282 e. The number of hydrogen-bond donors (Lipinski definition) is 0. The van der Waals surface area contributed by atoms with Crippen molar-refractivity contribution in [3.05, 3.63) is 76.3 Å². The monoisotopic (exact) mass is 421 g/mol. The third-order valence-electron chi connectivity index (χ3n) is 4.40. The van der Waals surface area contributed by atoms with Gasteiger partial charge in [-0.3, -0.25) is 4.79 Å². The molecule has 1 unspecified atom stereocenters. The molecule has 1 aliphatic rings. The Bertz CT molecular complexity index is 967. The fourth-order valence-electron chi connectivity index (χ4n) is 3.04. The molecule has 0 radical (unpaired) electrons. The third-order valence-corrected chi connectivity index (χ3v) is 7.28. The van der Waals surface area contributed by atoms with Crippen LogP contribution in [0.15, 0.2) is 65.1 Å². The normalized spacial score (nSPS) is 17.7. The summed E-state index contributed by atoms with van der Waals surface area (Å²) < 4.78 is 27.9. The summed E-state index contributed by atoms with van der Waals surface area (Å²) in [6.07, 6.45) is 1.72. The lowest BCUT2D eigenvalue weighted by molar-refractivity contribution is -0.108. The van der Waals surface area contributed by atoms with E-state index >= 15 is 0 Å². The van der Waals surface area contributed by atoms with E-state index < -0.39 is 16.1 Å². The average molecular weight is 422 g/mol. The Morgan fingerprint density at radius 1 is 1.15 bits per heavy atom. The van der Waals surface area contributed by atoms with Gasteiger partial charge in [0.25, 0.3) is 0 Å². The molecule has 4 nitrogen and oxygen atoms in total. The number of carbonyl (C=O) groups is 1. The number of benzene rings is 2. The van der Waals surface area contributed by atoms with Crippen molar-refractivity contribution in [3.8, 4) is 0 Å². The van der Waals surface area contributed by atoms with Crippen molar-refractivity contribution >= 4 is 38.5 Å². The Balaban J connectivity index is 2.05. The molecule has 2 aromatic rings. The van der Waals surface area contributed by atoms with E-state index in [0.717, 1.165) is 11.1 Å². The van der Waals surface area contributed by atoms with Crippen LogP contribution >= 0.6 is 23.4 Å². The van der Waals surface area contributed by atoms with Gasteiger partial charge in [-0.15, -0.1) is 0 Å². The molecule has 0 amide bonds. The highest BCUT2D eigenvalue weighted by molar-refractivity contribution is 8.14. The molecule has 0 saturated heterocycles. The fraction of sp³-hybridized carbons (Fsp3) is 0.250. The van der Waals surface area contributed by atoms with Gasteiger partial charge in [-0.1, -0.05) is 66.2 Å². The summed E-state index contributed by atoms with van der Waals surface area (Å²) in [5.74, 6) is 0.633. The van der Waals surface area contributed by atoms with Gasteiger partial charge in [0.1, 0.15) is 0 Å². The van der Waals surface area contributed by atoms with Crippen molar-refractivity contribution < 1.29 is 13.2 Å². The second kappa shape index (κ2) is 8.19. The zero-order chi connectivity index (χ0) is 19.6. The predicted octanol–water partition coefficient (Wildman–Crippen LogP) is 4.60. The molecule has 7 heteroatoms. The van der Waals surface area contributed by atoms with Crippen LogP contribution in [0.5, 0.6) is 0 Å². The van der Waals surface area contributed by atoms with E-state index in [2.05, 4.69) is 0 Å². The minimum atomic E-state index is -3.76. The van der Waals surface area contributed by atoms with Gasteiger partial charge in [-0.25, -0.2) is 8.42 Å². The number of rotatable bonds is 5. The highest BCUT2D eigenvalue weighted by Crippen LogP contribution is 2.39. The maximum atomic E-state index is 13.3. The summed E-state index contributed by atoms with van der Waals surface area (Å²) in [5, 5.41) is 0.462. The number of nitrogens with zero attached hydrogens (tertiary/aromatic N) is 1. The second-order valence-electron chi connectivity index (χ2n) is 6.22. The first-order valence-corrected chi connectivity index (χ1v) is 11.4. The van der Waals surface area contributed by atoms with Crippen molar-refractivity contribution in [2.24, 2.45) is 0 Å². The molecule has 0 aliphatic carbocycles. The van der Waals surface area contributed by atoms with Crippen LogP contribution in [0.1, 0.15) is 24.1 Å². The van der Waals surface area contributed by atoms with E-state index in [4.69, 9.17) is 11.6 Å². The Morgan fingerprint density at radius 2 is 1.78 bits per heavy atom. The third kappa shape index (κ3) is 4.14. The van der Waals surface area contributed by atoms with Crippen molar-refractivity contribution in [2.75, 3.05) is 12.3 Å². The molecular weight excluding hydrogens is 402 g/mol. The van der Waals surface area contributed by atoms with E-state index in [1.807, 2.05) is 13.8 Å². The summed E-state index contributed by atoms with van der Waals surface area (Å²) in [4.78, 5) is 12.8. The van der Waals surface area contributed by atoms with Gasteiger partial charge in [0.15, 0.2) is 0 Å². The highest BCUT2D eigenvalue weighted by Gasteiger charge is 2.40. The van der Waals surface area contributed by atoms with E-state index in [1.54, 1.807) is 54.6 Å². The molecule has 1 atom stereocenters. The lowest BCUT2D eigenvalue weighted by atomic mass is 10.0. The molecular formula is C20H20ClNO3S2. The quantitative estimate of drug-likeness (QED) is 0.707. The van der Waals surface area contributed by atoms with Crippen LogP contribution in [-0.2, 0) is 14.8 Å². The topological polar surface area (TPSA) is 54.5 Å². The van der Waals surface area contributed by atoms with Crippen molar-refractivity contribution in [1.82, 2.24) is 4.31 Å². The zero-order valence-corrected chi connectivity index (χ0v) is 17.4. The van der Waals surface area contributed by atoms with E-state index in [1.165, 1.54) is 16.1 Å². The molecule has 0 spiro atoms. The summed E-state index contributed by atoms with van der Waals surface area (Å²) in [5.41, 5.74) is 2.21. The number of thioether (sulfide) groups is 1. The largest absolute Gasteiger partial charge is 0.282 e. The SMILES string of the molecule is CCSC(=O)C1=CCN(S(=O)(=O)c2ccc(C)cc2)C1c1ccc(Cl)cc1. The molecule has 142 valence electrons. The lowest BCUT2D eigenvalue weighted by Crippen LogP contribution is -2.33.